The van der Waals surface area contributed by atoms with Crippen molar-refractivity contribution in [1.82, 2.24) is 15.0 Å². The van der Waals surface area contributed by atoms with Crippen molar-refractivity contribution in [3.8, 4) is 67.5 Å². The fourth-order valence-corrected chi connectivity index (χ4v) is 7.73. The lowest BCUT2D eigenvalue weighted by Crippen LogP contribution is -2.00. The van der Waals surface area contributed by atoms with Gasteiger partial charge in [-0.15, -0.1) is 11.3 Å². The Bertz CT molecular complexity index is 2490. The second-order valence-corrected chi connectivity index (χ2v) is 13.1. The first-order valence-electron chi connectivity index (χ1n) is 16.4. The van der Waals surface area contributed by atoms with Crippen LogP contribution in [0.15, 0.2) is 176 Å². The minimum Gasteiger partial charge on any atom is -0.208 e. The molecule has 0 N–H and O–H groups in total. The highest BCUT2D eigenvalue weighted by Gasteiger charge is 2.17. The van der Waals surface area contributed by atoms with Crippen molar-refractivity contribution in [2.45, 2.75) is 0 Å². The number of nitrogens with zero attached hydrogens (tertiary/aromatic N) is 3. The van der Waals surface area contributed by atoms with Crippen LogP contribution in [0.3, 0.4) is 0 Å². The Labute approximate surface area is 288 Å². The Balaban J connectivity index is 1.23. The van der Waals surface area contributed by atoms with Crippen molar-refractivity contribution in [2.24, 2.45) is 0 Å². The van der Waals surface area contributed by atoms with Gasteiger partial charge >= 0.3 is 0 Å². The molecule has 7 aromatic carbocycles. The molecule has 0 unspecified atom stereocenters. The molecule has 2 aromatic heterocycles. The van der Waals surface area contributed by atoms with E-state index >= 15 is 0 Å². The molecule has 0 bridgehead atoms. The number of hydrogen-bond donors (Lipinski definition) is 0. The van der Waals surface area contributed by atoms with Crippen LogP contribution in [0.4, 0.5) is 0 Å². The molecule has 230 valence electrons. The molecule has 0 atom stereocenters. The van der Waals surface area contributed by atoms with Gasteiger partial charge in [0.1, 0.15) is 0 Å². The van der Waals surface area contributed by atoms with Crippen molar-refractivity contribution >= 4 is 31.5 Å². The molecule has 0 saturated heterocycles. The minimum absolute atomic E-state index is 0.646. The Kier molecular flexibility index (Phi) is 7.34. The third-order valence-electron chi connectivity index (χ3n) is 8.94. The van der Waals surface area contributed by atoms with Gasteiger partial charge in [0.25, 0.3) is 0 Å². The molecular formula is C45H29N3S. The van der Waals surface area contributed by atoms with Crippen molar-refractivity contribution < 1.29 is 0 Å². The normalized spacial score (nSPS) is 11.3. The average Bonchev–Trinajstić information content (AvgIpc) is 3.57. The molecule has 0 saturated carbocycles. The first-order chi connectivity index (χ1) is 24.3. The minimum atomic E-state index is 0.646. The molecular weight excluding hydrogens is 615 g/mol. The SMILES string of the molecule is c1ccc(-c2cccc(-c3nc(-c4cccc(-c5ccccc5)c4)nc(-c4cccc5c4sc4cc(-c6ccccc6)ccc45)n3)c2)cc1. The fourth-order valence-electron chi connectivity index (χ4n) is 6.48. The molecule has 49 heavy (non-hydrogen) atoms. The molecule has 4 heteroatoms. The highest BCUT2D eigenvalue weighted by molar-refractivity contribution is 7.26. The van der Waals surface area contributed by atoms with Crippen molar-refractivity contribution in [2.75, 3.05) is 0 Å². The van der Waals surface area contributed by atoms with E-state index in [1.807, 2.05) is 12.1 Å². The summed E-state index contributed by atoms with van der Waals surface area (Å²) in [5.74, 6) is 1.95. The van der Waals surface area contributed by atoms with E-state index in [1.54, 1.807) is 11.3 Å². The Morgan fingerprint density at radius 2 is 0.755 bits per heavy atom. The predicted molar refractivity (Wildman–Crippen MR) is 205 cm³/mol. The summed E-state index contributed by atoms with van der Waals surface area (Å²) in [6, 6.07) is 61.6. The molecule has 9 rings (SSSR count). The van der Waals surface area contributed by atoms with E-state index < -0.39 is 0 Å². The van der Waals surface area contributed by atoms with Crippen LogP contribution in [-0.2, 0) is 0 Å². The third kappa shape index (κ3) is 5.58. The zero-order valence-corrected chi connectivity index (χ0v) is 27.3. The summed E-state index contributed by atoms with van der Waals surface area (Å²) in [6.07, 6.45) is 0. The van der Waals surface area contributed by atoms with Gasteiger partial charge in [-0.05, 0) is 57.6 Å². The van der Waals surface area contributed by atoms with Crippen LogP contribution in [-0.4, -0.2) is 15.0 Å². The van der Waals surface area contributed by atoms with Crippen LogP contribution >= 0.6 is 11.3 Å². The molecule has 0 fully saturated rings. The molecule has 0 radical (unpaired) electrons. The first-order valence-corrected chi connectivity index (χ1v) is 17.2. The summed E-state index contributed by atoms with van der Waals surface area (Å²) in [5.41, 5.74) is 9.86. The van der Waals surface area contributed by atoms with Crippen LogP contribution < -0.4 is 0 Å². The van der Waals surface area contributed by atoms with Crippen LogP contribution in [0.25, 0.3) is 87.7 Å². The number of rotatable bonds is 6. The summed E-state index contributed by atoms with van der Waals surface area (Å²) in [5, 5.41) is 2.44. The Morgan fingerprint density at radius 3 is 1.31 bits per heavy atom. The molecule has 0 aliphatic carbocycles. The molecule has 0 aliphatic rings. The van der Waals surface area contributed by atoms with E-state index in [9.17, 15) is 0 Å². The zero-order valence-electron chi connectivity index (χ0n) is 26.5. The zero-order chi connectivity index (χ0) is 32.6. The van der Waals surface area contributed by atoms with E-state index in [-0.39, 0.29) is 0 Å². The van der Waals surface area contributed by atoms with Crippen LogP contribution in [0.2, 0.25) is 0 Å². The Morgan fingerprint density at radius 1 is 0.306 bits per heavy atom. The number of aromatic nitrogens is 3. The van der Waals surface area contributed by atoms with Gasteiger partial charge in [0, 0.05) is 36.9 Å². The summed E-state index contributed by atoms with van der Waals surface area (Å²) in [6.45, 7) is 0. The van der Waals surface area contributed by atoms with Gasteiger partial charge in [-0.2, -0.15) is 0 Å². The van der Waals surface area contributed by atoms with Gasteiger partial charge in [-0.1, -0.05) is 152 Å². The summed E-state index contributed by atoms with van der Waals surface area (Å²) in [4.78, 5) is 15.5. The lowest BCUT2D eigenvalue weighted by atomic mass is 10.0. The molecule has 3 nitrogen and oxygen atoms in total. The van der Waals surface area contributed by atoms with E-state index in [4.69, 9.17) is 15.0 Å². The summed E-state index contributed by atoms with van der Waals surface area (Å²) < 4.78 is 2.41. The molecule has 2 heterocycles. The highest BCUT2D eigenvalue weighted by atomic mass is 32.1. The third-order valence-corrected chi connectivity index (χ3v) is 10.1. The fraction of sp³-hybridized carbons (Fsp3) is 0. The van der Waals surface area contributed by atoms with Gasteiger partial charge in [-0.25, -0.2) is 15.0 Å². The standard InChI is InChI=1S/C45H29N3S/c1-4-13-30(14-5-1)33-19-10-21-36(27-33)43-46-44(37-22-11-20-34(28-37)31-15-6-2-7-16-31)48-45(47-43)40-24-12-23-39-38-26-25-35(29-41(38)49-42(39)40)32-17-8-3-9-18-32/h1-29H. The highest BCUT2D eigenvalue weighted by Crippen LogP contribution is 2.41. The maximum absolute atomic E-state index is 5.18. The molecule has 0 amide bonds. The molecule has 0 aliphatic heterocycles. The van der Waals surface area contributed by atoms with Gasteiger partial charge in [-0.3, -0.25) is 0 Å². The van der Waals surface area contributed by atoms with Crippen molar-refractivity contribution in [3.05, 3.63) is 176 Å². The number of fused-ring (bicyclic) bond motifs is 3. The smallest absolute Gasteiger partial charge is 0.165 e. The maximum Gasteiger partial charge on any atom is 0.165 e. The van der Waals surface area contributed by atoms with E-state index in [1.165, 1.54) is 31.3 Å². The number of thiophene rings is 1. The van der Waals surface area contributed by atoms with Crippen LogP contribution in [0.5, 0.6) is 0 Å². The summed E-state index contributed by atoms with van der Waals surface area (Å²) >= 11 is 1.79. The van der Waals surface area contributed by atoms with Gasteiger partial charge in [0.05, 0.1) is 0 Å². The lowest BCUT2D eigenvalue weighted by molar-refractivity contribution is 1.08. The quantitative estimate of drug-likeness (QED) is 0.181. The monoisotopic (exact) mass is 643 g/mol. The average molecular weight is 644 g/mol. The second kappa shape index (κ2) is 12.4. The molecule has 9 aromatic rings. The number of benzene rings is 7. The number of hydrogen-bond acceptors (Lipinski definition) is 4. The first kappa shape index (κ1) is 29.0. The Hall–Kier alpha value is -6.23. The van der Waals surface area contributed by atoms with Crippen molar-refractivity contribution in [3.63, 3.8) is 0 Å². The summed E-state index contributed by atoms with van der Waals surface area (Å²) in [7, 11) is 0. The predicted octanol–water partition coefficient (Wildman–Crippen LogP) is 12.2. The van der Waals surface area contributed by atoms with Crippen LogP contribution in [0.1, 0.15) is 0 Å². The van der Waals surface area contributed by atoms with Gasteiger partial charge in [0.15, 0.2) is 17.5 Å². The van der Waals surface area contributed by atoms with E-state index in [2.05, 4.69) is 164 Å². The topological polar surface area (TPSA) is 38.7 Å². The second-order valence-electron chi connectivity index (χ2n) is 12.1. The van der Waals surface area contributed by atoms with Crippen LogP contribution in [0, 0.1) is 0 Å². The van der Waals surface area contributed by atoms with E-state index in [0.29, 0.717) is 17.5 Å². The molecule has 0 spiro atoms. The maximum atomic E-state index is 5.18. The van der Waals surface area contributed by atoms with E-state index in [0.717, 1.165) is 38.9 Å². The largest absolute Gasteiger partial charge is 0.208 e. The van der Waals surface area contributed by atoms with Crippen molar-refractivity contribution in [1.29, 1.82) is 0 Å². The lowest BCUT2D eigenvalue weighted by Gasteiger charge is -2.11. The van der Waals surface area contributed by atoms with Gasteiger partial charge in [0.2, 0.25) is 0 Å². The van der Waals surface area contributed by atoms with Gasteiger partial charge < -0.3 is 0 Å².